The molecule has 1 N–H and O–H groups in total. The van der Waals surface area contributed by atoms with Gasteiger partial charge in [-0.3, -0.25) is 20.3 Å². The lowest BCUT2D eigenvalue weighted by atomic mass is 10.1. The number of aromatic nitrogens is 3. The summed E-state index contributed by atoms with van der Waals surface area (Å²) in [5, 5.41) is 20.1. The monoisotopic (exact) mass is 390 g/mol. The maximum absolute atomic E-state index is 12.7. The molecule has 1 fully saturated rings. The lowest BCUT2D eigenvalue weighted by Crippen LogP contribution is -2.30. The predicted octanol–water partition coefficient (Wildman–Crippen LogP) is 2.98. The number of rotatable bonds is 6. The predicted molar refractivity (Wildman–Crippen MR) is 104 cm³/mol. The molecule has 1 amide bonds. The summed E-state index contributed by atoms with van der Waals surface area (Å²) in [5.74, 6) is 0.882. The number of hydrogen-bond donors (Lipinski definition) is 1. The zero-order valence-corrected chi connectivity index (χ0v) is 16.2. The Morgan fingerprint density at radius 2 is 2.04 bits per heavy atom. The molecule has 2 aromatic rings. The third-order valence-electron chi connectivity index (χ3n) is 4.41. The highest BCUT2D eigenvalue weighted by Gasteiger charge is 2.23. The van der Waals surface area contributed by atoms with Crippen molar-refractivity contribution < 1.29 is 9.72 Å². The number of amides is 1. The van der Waals surface area contributed by atoms with Crippen molar-refractivity contribution in [3.63, 3.8) is 0 Å². The van der Waals surface area contributed by atoms with Crippen LogP contribution in [0.4, 0.5) is 11.4 Å². The molecule has 0 saturated carbocycles. The van der Waals surface area contributed by atoms with Crippen LogP contribution in [-0.2, 0) is 0 Å². The van der Waals surface area contributed by atoms with E-state index < -0.39 is 10.8 Å². The highest BCUT2D eigenvalue weighted by atomic mass is 32.2. The van der Waals surface area contributed by atoms with Crippen LogP contribution in [-0.4, -0.2) is 44.5 Å². The van der Waals surface area contributed by atoms with E-state index in [0.717, 1.165) is 38.1 Å². The zero-order chi connectivity index (χ0) is 19.4. The maximum Gasteiger partial charge on any atom is 0.293 e. The van der Waals surface area contributed by atoms with Gasteiger partial charge in [0, 0.05) is 24.7 Å². The highest BCUT2D eigenvalue weighted by Crippen LogP contribution is 2.31. The van der Waals surface area contributed by atoms with E-state index in [-0.39, 0.29) is 11.3 Å². The minimum absolute atomic E-state index is 0.0480. The van der Waals surface area contributed by atoms with Crippen LogP contribution in [0.5, 0.6) is 0 Å². The Morgan fingerprint density at radius 1 is 1.30 bits per heavy atom. The standard InChI is InChI=1S/C17H22N6O3S/c1-3-27-17-19-18-12(2)22(17)20-16(24)13-7-8-14(15(11-13)23(25)26)21-9-5-4-6-10-21/h7-8,11H,3-6,9-10H2,1-2H3,(H,20,24). The Labute approximate surface area is 161 Å². The average molecular weight is 390 g/mol. The van der Waals surface area contributed by atoms with Crippen LogP contribution in [0.1, 0.15) is 42.4 Å². The fourth-order valence-corrected chi connectivity index (χ4v) is 3.74. The van der Waals surface area contributed by atoms with E-state index in [0.29, 0.717) is 16.7 Å². The summed E-state index contributed by atoms with van der Waals surface area (Å²) in [6, 6.07) is 4.63. The van der Waals surface area contributed by atoms with Crippen molar-refractivity contribution in [3.8, 4) is 0 Å². The molecule has 27 heavy (non-hydrogen) atoms. The molecule has 144 valence electrons. The van der Waals surface area contributed by atoms with Crippen molar-refractivity contribution >= 4 is 29.0 Å². The third-order valence-corrected chi connectivity index (χ3v) is 5.22. The molecule has 0 radical (unpaired) electrons. The molecule has 0 bridgehead atoms. The van der Waals surface area contributed by atoms with Crippen LogP contribution in [0.25, 0.3) is 0 Å². The van der Waals surface area contributed by atoms with Crippen LogP contribution in [0.3, 0.4) is 0 Å². The number of thioether (sulfide) groups is 1. The summed E-state index contributed by atoms with van der Waals surface area (Å²) >= 11 is 1.45. The van der Waals surface area contributed by atoms with Crippen molar-refractivity contribution in [2.75, 3.05) is 29.2 Å². The van der Waals surface area contributed by atoms with Gasteiger partial charge in [-0.25, -0.2) is 4.68 Å². The Balaban J connectivity index is 1.86. The number of anilines is 1. The molecule has 1 aromatic heterocycles. The Morgan fingerprint density at radius 3 is 2.70 bits per heavy atom. The molecule has 2 heterocycles. The van der Waals surface area contributed by atoms with Crippen molar-refractivity contribution in [1.82, 2.24) is 14.9 Å². The second kappa shape index (κ2) is 8.38. The van der Waals surface area contributed by atoms with E-state index in [1.54, 1.807) is 19.1 Å². The molecule has 0 spiro atoms. The fourth-order valence-electron chi connectivity index (χ4n) is 3.07. The van der Waals surface area contributed by atoms with Gasteiger partial charge in [-0.1, -0.05) is 18.7 Å². The molecule has 3 rings (SSSR count). The van der Waals surface area contributed by atoms with Crippen LogP contribution in [0.15, 0.2) is 23.4 Å². The number of carbonyl (C=O) groups excluding carboxylic acids is 1. The molecule has 1 aliphatic heterocycles. The van der Waals surface area contributed by atoms with Gasteiger partial charge in [0.1, 0.15) is 11.5 Å². The topological polar surface area (TPSA) is 106 Å². The largest absolute Gasteiger partial charge is 0.366 e. The molecule has 0 unspecified atom stereocenters. The van der Waals surface area contributed by atoms with E-state index in [1.165, 1.54) is 22.5 Å². The quantitative estimate of drug-likeness (QED) is 0.459. The summed E-state index contributed by atoms with van der Waals surface area (Å²) in [6.45, 7) is 5.30. The average Bonchev–Trinajstić information content (AvgIpc) is 3.02. The van der Waals surface area contributed by atoms with E-state index in [1.807, 2.05) is 11.8 Å². The molecule has 0 atom stereocenters. The van der Waals surface area contributed by atoms with Gasteiger partial charge >= 0.3 is 0 Å². The summed E-state index contributed by atoms with van der Waals surface area (Å²) in [6.07, 6.45) is 3.18. The van der Waals surface area contributed by atoms with E-state index in [9.17, 15) is 14.9 Å². The maximum atomic E-state index is 12.7. The molecular weight excluding hydrogens is 368 g/mol. The molecule has 9 nitrogen and oxygen atoms in total. The first-order valence-electron chi connectivity index (χ1n) is 8.90. The number of hydrogen-bond acceptors (Lipinski definition) is 7. The number of nitrogens with one attached hydrogen (secondary N) is 1. The Kier molecular flexibility index (Phi) is 5.94. The number of nitro benzene ring substituents is 1. The van der Waals surface area contributed by atoms with E-state index in [4.69, 9.17) is 0 Å². The van der Waals surface area contributed by atoms with Crippen LogP contribution in [0, 0.1) is 17.0 Å². The Bertz CT molecular complexity index is 847. The zero-order valence-electron chi connectivity index (χ0n) is 15.3. The van der Waals surface area contributed by atoms with Gasteiger partial charge in [0.15, 0.2) is 0 Å². The molecule has 1 aliphatic rings. The second-order valence-corrected chi connectivity index (χ2v) is 7.48. The fraction of sp³-hybridized carbons (Fsp3) is 0.471. The number of benzene rings is 1. The molecule has 1 aromatic carbocycles. The molecule has 1 saturated heterocycles. The van der Waals surface area contributed by atoms with Gasteiger partial charge in [-0.05, 0) is 44.1 Å². The molecule has 0 aliphatic carbocycles. The summed E-state index contributed by atoms with van der Waals surface area (Å²) in [7, 11) is 0. The number of aryl methyl sites for hydroxylation is 1. The van der Waals surface area contributed by atoms with Gasteiger partial charge < -0.3 is 4.90 Å². The van der Waals surface area contributed by atoms with Gasteiger partial charge in [0.05, 0.1) is 4.92 Å². The van der Waals surface area contributed by atoms with Crippen molar-refractivity contribution in [2.24, 2.45) is 0 Å². The first-order valence-corrected chi connectivity index (χ1v) is 9.89. The number of carbonyl (C=O) groups is 1. The van der Waals surface area contributed by atoms with Gasteiger partial charge in [-0.2, -0.15) is 0 Å². The summed E-state index contributed by atoms with van der Waals surface area (Å²) in [4.78, 5) is 25.8. The SMILES string of the molecule is CCSc1nnc(C)n1NC(=O)c1ccc(N2CCCCC2)c([N+](=O)[O-])c1. The van der Waals surface area contributed by atoms with Crippen molar-refractivity contribution in [3.05, 3.63) is 39.7 Å². The normalized spacial score (nSPS) is 14.2. The first kappa shape index (κ1) is 19.2. The number of piperidine rings is 1. The van der Waals surface area contributed by atoms with Crippen LogP contribution >= 0.6 is 11.8 Å². The van der Waals surface area contributed by atoms with Gasteiger partial charge in [-0.15, -0.1) is 10.2 Å². The van der Waals surface area contributed by atoms with Gasteiger partial charge in [0.2, 0.25) is 5.16 Å². The second-order valence-electron chi connectivity index (χ2n) is 6.25. The lowest BCUT2D eigenvalue weighted by molar-refractivity contribution is -0.384. The minimum Gasteiger partial charge on any atom is -0.366 e. The summed E-state index contributed by atoms with van der Waals surface area (Å²) < 4.78 is 1.50. The van der Waals surface area contributed by atoms with Gasteiger partial charge in [0.25, 0.3) is 11.6 Å². The summed E-state index contributed by atoms with van der Waals surface area (Å²) in [5.41, 5.74) is 3.47. The first-order chi connectivity index (χ1) is 13.0. The third kappa shape index (κ3) is 4.21. The number of nitrogens with zero attached hydrogens (tertiary/aromatic N) is 5. The van der Waals surface area contributed by atoms with Crippen LogP contribution in [0.2, 0.25) is 0 Å². The molecular formula is C17H22N6O3S. The van der Waals surface area contributed by atoms with Crippen molar-refractivity contribution in [1.29, 1.82) is 0 Å². The lowest BCUT2D eigenvalue weighted by Gasteiger charge is -2.28. The highest BCUT2D eigenvalue weighted by molar-refractivity contribution is 7.99. The smallest absolute Gasteiger partial charge is 0.293 e. The Hall–Kier alpha value is -2.62. The van der Waals surface area contributed by atoms with Crippen molar-refractivity contribution in [2.45, 2.75) is 38.3 Å². The van der Waals surface area contributed by atoms with E-state index in [2.05, 4.69) is 15.6 Å². The number of nitro groups is 1. The molecule has 10 heteroatoms. The van der Waals surface area contributed by atoms with Crippen LogP contribution < -0.4 is 10.3 Å². The minimum atomic E-state index is -0.441. The van der Waals surface area contributed by atoms with E-state index >= 15 is 0 Å².